The zero-order chi connectivity index (χ0) is 15.2. The Bertz CT molecular complexity index is 500. The molecule has 1 aromatic heterocycles. The fourth-order valence-electron chi connectivity index (χ4n) is 2.44. The number of piperazine rings is 1. The van der Waals surface area contributed by atoms with Gasteiger partial charge in [0.05, 0.1) is 12.6 Å². The SMILES string of the molecule is CCCC[C@H](C(=O)Nc1cc(C)on1)N1CCNC(=O)C1. The molecule has 0 spiro atoms. The lowest BCUT2D eigenvalue weighted by molar-refractivity contribution is -0.128. The van der Waals surface area contributed by atoms with Crippen LogP contribution in [0.5, 0.6) is 0 Å². The number of rotatable bonds is 6. The van der Waals surface area contributed by atoms with E-state index < -0.39 is 0 Å². The molecule has 0 aromatic carbocycles. The molecule has 1 atom stereocenters. The quantitative estimate of drug-likeness (QED) is 0.814. The number of hydrogen-bond donors (Lipinski definition) is 2. The molecular formula is C14H22N4O3. The third kappa shape index (κ3) is 4.29. The lowest BCUT2D eigenvalue weighted by Gasteiger charge is -2.33. The van der Waals surface area contributed by atoms with E-state index in [1.807, 2.05) is 4.90 Å². The molecule has 2 amide bonds. The maximum atomic E-state index is 12.5. The Morgan fingerprint density at radius 1 is 1.62 bits per heavy atom. The highest BCUT2D eigenvalue weighted by Crippen LogP contribution is 2.14. The van der Waals surface area contributed by atoms with Crippen molar-refractivity contribution < 1.29 is 14.1 Å². The molecule has 1 fully saturated rings. The molecule has 0 unspecified atom stereocenters. The lowest BCUT2D eigenvalue weighted by atomic mass is 10.1. The summed E-state index contributed by atoms with van der Waals surface area (Å²) >= 11 is 0. The van der Waals surface area contributed by atoms with Crippen LogP contribution in [-0.2, 0) is 9.59 Å². The number of nitrogens with one attached hydrogen (secondary N) is 2. The number of carbonyl (C=O) groups excluding carboxylic acids is 2. The molecule has 2 rings (SSSR count). The van der Waals surface area contributed by atoms with Gasteiger partial charge in [-0.15, -0.1) is 0 Å². The first-order valence-electron chi connectivity index (χ1n) is 7.35. The van der Waals surface area contributed by atoms with E-state index in [9.17, 15) is 9.59 Å². The van der Waals surface area contributed by atoms with Crippen molar-refractivity contribution in [2.75, 3.05) is 25.0 Å². The van der Waals surface area contributed by atoms with Crippen molar-refractivity contribution in [2.24, 2.45) is 0 Å². The van der Waals surface area contributed by atoms with E-state index in [-0.39, 0.29) is 24.4 Å². The van der Waals surface area contributed by atoms with Crippen LogP contribution in [0.1, 0.15) is 31.9 Å². The van der Waals surface area contributed by atoms with Crippen LogP contribution in [0, 0.1) is 6.92 Å². The minimum absolute atomic E-state index is 0.0344. The maximum absolute atomic E-state index is 12.5. The van der Waals surface area contributed by atoms with Gasteiger partial charge in [0.25, 0.3) is 0 Å². The maximum Gasteiger partial charge on any atom is 0.242 e. The third-order valence-electron chi connectivity index (χ3n) is 3.52. The zero-order valence-electron chi connectivity index (χ0n) is 12.5. The van der Waals surface area contributed by atoms with Crippen molar-refractivity contribution in [3.63, 3.8) is 0 Å². The minimum atomic E-state index is -0.312. The van der Waals surface area contributed by atoms with Gasteiger partial charge in [-0.3, -0.25) is 14.5 Å². The average molecular weight is 294 g/mol. The summed E-state index contributed by atoms with van der Waals surface area (Å²) in [6, 6.07) is 1.37. The van der Waals surface area contributed by atoms with Gasteiger partial charge < -0.3 is 15.2 Å². The third-order valence-corrected chi connectivity index (χ3v) is 3.52. The predicted octanol–water partition coefficient (Wildman–Crippen LogP) is 0.912. The molecule has 1 saturated heterocycles. The molecule has 0 saturated carbocycles. The van der Waals surface area contributed by atoms with Gasteiger partial charge >= 0.3 is 0 Å². The topological polar surface area (TPSA) is 87.5 Å². The molecule has 7 heteroatoms. The Balaban J connectivity index is 2.03. The van der Waals surface area contributed by atoms with E-state index in [0.29, 0.717) is 24.7 Å². The van der Waals surface area contributed by atoms with Gasteiger partial charge in [0.2, 0.25) is 11.8 Å². The number of hydrogen-bond acceptors (Lipinski definition) is 5. The van der Waals surface area contributed by atoms with Crippen molar-refractivity contribution in [2.45, 2.75) is 39.2 Å². The Labute approximate surface area is 124 Å². The zero-order valence-corrected chi connectivity index (χ0v) is 12.5. The molecular weight excluding hydrogens is 272 g/mol. The van der Waals surface area contributed by atoms with Gasteiger partial charge in [0.1, 0.15) is 5.76 Å². The van der Waals surface area contributed by atoms with E-state index in [0.717, 1.165) is 19.3 Å². The number of unbranched alkanes of at least 4 members (excludes halogenated alkanes) is 1. The van der Waals surface area contributed by atoms with Gasteiger partial charge in [-0.1, -0.05) is 24.9 Å². The number of carbonyl (C=O) groups is 2. The molecule has 0 radical (unpaired) electrons. The number of aromatic nitrogens is 1. The van der Waals surface area contributed by atoms with Crippen molar-refractivity contribution in [1.82, 2.24) is 15.4 Å². The van der Waals surface area contributed by atoms with Crippen LogP contribution in [0.3, 0.4) is 0 Å². The van der Waals surface area contributed by atoms with E-state index in [4.69, 9.17) is 4.52 Å². The lowest BCUT2D eigenvalue weighted by Crippen LogP contribution is -2.54. The summed E-state index contributed by atoms with van der Waals surface area (Å²) in [6.07, 6.45) is 2.67. The highest BCUT2D eigenvalue weighted by molar-refractivity contribution is 5.94. The molecule has 0 bridgehead atoms. The summed E-state index contributed by atoms with van der Waals surface area (Å²) in [5, 5.41) is 9.32. The summed E-state index contributed by atoms with van der Waals surface area (Å²) in [4.78, 5) is 25.9. The molecule has 1 aliphatic rings. The molecule has 2 heterocycles. The number of nitrogens with zero attached hydrogens (tertiary/aromatic N) is 2. The van der Waals surface area contributed by atoms with Gasteiger partial charge in [0.15, 0.2) is 5.82 Å². The summed E-state index contributed by atoms with van der Waals surface area (Å²) in [7, 11) is 0. The fraction of sp³-hybridized carbons (Fsp3) is 0.643. The first-order chi connectivity index (χ1) is 10.1. The highest BCUT2D eigenvalue weighted by atomic mass is 16.5. The second-order valence-electron chi connectivity index (χ2n) is 5.29. The molecule has 116 valence electrons. The summed E-state index contributed by atoms with van der Waals surface area (Å²) in [6.45, 7) is 5.38. The van der Waals surface area contributed by atoms with Crippen LogP contribution in [-0.4, -0.2) is 47.5 Å². The van der Waals surface area contributed by atoms with Crippen molar-refractivity contribution in [3.05, 3.63) is 11.8 Å². The monoisotopic (exact) mass is 294 g/mol. The first-order valence-corrected chi connectivity index (χ1v) is 7.35. The molecule has 1 aliphatic heterocycles. The average Bonchev–Trinajstić information content (AvgIpc) is 2.84. The summed E-state index contributed by atoms with van der Waals surface area (Å²) < 4.78 is 4.95. The molecule has 1 aromatic rings. The highest BCUT2D eigenvalue weighted by Gasteiger charge is 2.29. The fourth-order valence-corrected chi connectivity index (χ4v) is 2.44. The number of aryl methyl sites for hydroxylation is 1. The van der Waals surface area contributed by atoms with Crippen LogP contribution in [0.4, 0.5) is 5.82 Å². The van der Waals surface area contributed by atoms with Crippen LogP contribution >= 0.6 is 0 Å². The van der Waals surface area contributed by atoms with Crippen molar-refractivity contribution in [1.29, 1.82) is 0 Å². The van der Waals surface area contributed by atoms with Crippen molar-refractivity contribution in [3.8, 4) is 0 Å². The predicted molar refractivity (Wildman–Crippen MR) is 77.8 cm³/mol. The van der Waals surface area contributed by atoms with Gasteiger partial charge in [-0.25, -0.2) is 0 Å². The molecule has 7 nitrogen and oxygen atoms in total. The number of amides is 2. The second-order valence-corrected chi connectivity index (χ2v) is 5.29. The van der Waals surface area contributed by atoms with Crippen molar-refractivity contribution >= 4 is 17.6 Å². The first kappa shape index (κ1) is 15.5. The molecule has 0 aliphatic carbocycles. The number of anilines is 1. The van der Waals surface area contributed by atoms with E-state index >= 15 is 0 Å². The van der Waals surface area contributed by atoms with E-state index in [1.54, 1.807) is 13.0 Å². The van der Waals surface area contributed by atoms with E-state index in [1.165, 1.54) is 0 Å². The van der Waals surface area contributed by atoms with Crippen LogP contribution in [0.15, 0.2) is 10.6 Å². The summed E-state index contributed by atoms with van der Waals surface area (Å²) in [5.74, 6) is 0.896. The Kier molecular flexibility index (Phi) is 5.32. The van der Waals surface area contributed by atoms with Crippen LogP contribution in [0.25, 0.3) is 0 Å². The Morgan fingerprint density at radius 2 is 2.43 bits per heavy atom. The van der Waals surface area contributed by atoms with E-state index in [2.05, 4.69) is 22.7 Å². The van der Waals surface area contributed by atoms with Crippen LogP contribution < -0.4 is 10.6 Å². The van der Waals surface area contributed by atoms with Crippen LogP contribution in [0.2, 0.25) is 0 Å². The Hall–Kier alpha value is -1.89. The van der Waals surface area contributed by atoms with Gasteiger partial charge in [-0.05, 0) is 13.3 Å². The normalized spacial score (nSPS) is 17.3. The minimum Gasteiger partial charge on any atom is -0.360 e. The largest absolute Gasteiger partial charge is 0.360 e. The van der Waals surface area contributed by atoms with Gasteiger partial charge in [0, 0.05) is 19.2 Å². The van der Waals surface area contributed by atoms with Gasteiger partial charge in [-0.2, -0.15) is 0 Å². The second kappa shape index (κ2) is 7.21. The molecule has 21 heavy (non-hydrogen) atoms. The summed E-state index contributed by atoms with van der Waals surface area (Å²) in [5.41, 5.74) is 0. The standard InChI is InChI=1S/C14H22N4O3/c1-3-4-5-11(18-7-6-15-13(19)9-18)14(20)16-12-8-10(2)21-17-12/h8,11H,3-7,9H2,1-2H3,(H,15,19)(H,16,17,20)/t11-/m1/s1. The molecule has 2 N–H and O–H groups in total. The Morgan fingerprint density at radius 3 is 3.05 bits per heavy atom. The smallest absolute Gasteiger partial charge is 0.242 e.